The second kappa shape index (κ2) is 3.35. The van der Waals surface area contributed by atoms with Crippen molar-refractivity contribution >= 4 is 5.97 Å². The monoisotopic (exact) mass is 236 g/mol. The van der Waals surface area contributed by atoms with E-state index in [2.05, 4.69) is 6.58 Å². The van der Waals surface area contributed by atoms with Crippen molar-refractivity contribution in [1.29, 1.82) is 0 Å². The molecule has 0 N–H and O–H groups in total. The van der Waals surface area contributed by atoms with Crippen LogP contribution in [0.3, 0.4) is 0 Å². The Kier molecular flexibility index (Phi) is 2.22. The van der Waals surface area contributed by atoms with Crippen molar-refractivity contribution < 1.29 is 14.3 Å². The van der Waals surface area contributed by atoms with Crippen molar-refractivity contribution in [3.8, 4) is 0 Å². The zero-order valence-corrected chi connectivity index (χ0v) is 10.6. The lowest BCUT2D eigenvalue weighted by atomic mass is 9.81. The smallest absolute Gasteiger partial charge is 0.333 e. The molecule has 4 bridgehead atoms. The molecule has 0 radical (unpaired) electrons. The quantitative estimate of drug-likeness (QED) is 0.558. The van der Waals surface area contributed by atoms with E-state index in [0.29, 0.717) is 17.4 Å². The van der Waals surface area contributed by atoms with Gasteiger partial charge in [-0.25, -0.2) is 4.79 Å². The van der Waals surface area contributed by atoms with Crippen LogP contribution in [0.15, 0.2) is 12.2 Å². The molecule has 0 aromatic rings. The van der Waals surface area contributed by atoms with Crippen LogP contribution in [0.2, 0.25) is 0 Å². The van der Waals surface area contributed by atoms with Crippen LogP contribution in [-0.4, -0.2) is 24.3 Å². The van der Waals surface area contributed by atoms with Crippen LogP contribution >= 0.6 is 0 Å². The molecule has 4 rings (SSSR count). The van der Waals surface area contributed by atoms with Crippen LogP contribution in [-0.2, 0) is 14.3 Å². The zero-order chi connectivity index (χ0) is 12.3. The lowest BCUT2D eigenvalue weighted by Gasteiger charge is -2.38. The van der Waals surface area contributed by atoms with Gasteiger partial charge in [0.1, 0.15) is 11.2 Å². The second-order valence-corrected chi connectivity index (χ2v) is 6.15. The molecule has 94 valence electrons. The molecule has 0 heterocycles. The summed E-state index contributed by atoms with van der Waals surface area (Å²) in [5, 5.41) is 0. The number of hydrogen-bond acceptors (Lipinski definition) is 3. The van der Waals surface area contributed by atoms with Crippen molar-refractivity contribution in [3.63, 3.8) is 0 Å². The summed E-state index contributed by atoms with van der Waals surface area (Å²) in [6.45, 7) is 5.38. The molecule has 17 heavy (non-hydrogen) atoms. The van der Waals surface area contributed by atoms with Gasteiger partial charge in [0.05, 0.1) is 0 Å². The van der Waals surface area contributed by atoms with E-state index in [-0.39, 0.29) is 17.2 Å². The van der Waals surface area contributed by atoms with Gasteiger partial charge in [-0.3, -0.25) is 0 Å². The predicted octanol–water partition coefficient (Wildman–Crippen LogP) is 2.45. The largest absolute Gasteiger partial charge is 0.453 e. The van der Waals surface area contributed by atoms with Crippen molar-refractivity contribution in [1.82, 2.24) is 0 Å². The number of rotatable bonds is 3. The fourth-order valence-corrected chi connectivity index (χ4v) is 4.52. The highest BCUT2D eigenvalue weighted by Crippen LogP contribution is 2.65. The Morgan fingerprint density at radius 3 is 2.18 bits per heavy atom. The van der Waals surface area contributed by atoms with E-state index in [0.717, 1.165) is 25.7 Å². The minimum Gasteiger partial charge on any atom is -0.453 e. The molecule has 4 aliphatic rings. The molecule has 0 spiro atoms. The van der Waals surface area contributed by atoms with Crippen molar-refractivity contribution in [2.75, 3.05) is 7.11 Å². The molecular formula is C14H20O3. The standard InChI is InChI=1S/C14H20O3/c1-9(2)12(15)17-14-7-10-4-11(8-14)6-13(14,5-10)16-3/h10-11H,1,4-8H2,2-3H3. The Labute approximate surface area is 102 Å². The lowest BCUT2D eigenvalue weighted by Crippen LogP contribution is -2.49. The molecule has 4 saturated carbocycles. The molecule has 0 saturated heterocycles. The summed E-state index contributed by atoms with van der Waals surface area (Å²) in [6.07, 6.45) is 5.37. The SMILES string of the molecule is C=C(C)C(=O)OC12CC3CC(CC1(OC)C3)C2. The normalized spacial score (nSPS) is 46.2. The molecule has 0 amide bonds. The average molecular weight is 236 g/mol. The third kappa shape index (κ3) is 1.35. The maximum Gasteiger partial charge on any atom is 0.333 e. The van der Waals surface area contributed by atoms with Crippen molar-refractivity contribution in [3.05, 3.63) is 12.2 Å². The van der Waals surface area contributed by atoms with Crippen LogP contribution < -0.4 is 0 Å². The highest BCUT2D eigenvalue weighted by Gasteiger charge is 2.70. The molecular weight excluding hydrogens is 216 g/mol. The van der Waals surface area contributed by atoms with E-state index in [4.69, 9.17) is 9.47 Å². The van der Waals surface area contributed by atoms with Gasteiger partial charge in [-0.1, -0.05) is 6.58 Å². The van der Waals surface area contributed by atoms with E-state index in [1.165, 1.54) is 6.42 Å². The van der Waals surface area contributed by atoms with Crippen LogP contribution in [0.25, 0.3) is 0 Å². The molecule has 0 aromatic carbocycles. The molecule has 2 atom stereocenters. The van der Waals surface area contributed by atoms with Gasteiger partial charge in [-0.15, -0.1) is 0 Å². The van der Waals surface area contributed by atoms with Crippen molar-refractivity contribution in [2.24, 2.45) is 11.8 Å². The minimum absolute atomic E-state index is 0.203. The third-order valence-electron chi connectivity index (χ3n) is 5.00. The van der Waals surface area contributed by atoms with Crippen molar-refractivity contribution in [2.45, 2.75) is 50.2 Å². The summed E-state index contributed by atoms with van der Waals surface area (Å²) in [4.78, 5) is 11.8. The Bertz CT molecular complexity index is 371. The molecule has 0 aromatic heterocycles. The van der Waals surface area contributed by atoms with Gasteiger partial charge < -0.3 is 9.47 Å². The first-order valence-electron chi connectivity index (χ1n) is 6.44. The topological polar surface area (TPSA) is 35.5 Å². The summed E-state index contributed by atoms with van der Waals surface area (Å²) in [6, 6.07) is 0. The van der Waals surface area contributed by atoms with Crippen LogP contribution in [0.5, 0.6) is 0 Å². The first-order chi connectivity index (χ1) is 8.00. The maximum absolute atomic E-state index is 11.8. The molecule has 0 aliphatic heterocycles. The Balaban J connectivity index is 1.91. The number of carbonyl (C=O) groups excluding carboxylic acids is 1. The number of esters is 1. The van der Waals surface area contributed by atoms with Gasteiger partial charge in [0.2, 0.25) is 0 Å². The van der Waals surface area contributed by atoms with E-state index < -0.39 is 0 Å². The number of ether oxygens (including phenoxy) is 2. The molecule has 2 unspecified atom stereocenters. The maximum atomic E-state index is 11.8. The van der Waals surface area contributed by atoms with E-state index >= 15 is 0 Å². The zero-order valence-electron chi connectivity index (χ0n) is 10.6. The van der Waals surface area contributed by atoms with Gasteiger partial charge in [-0.05, 0) is 50.9 Å². The predicted molar refractivity (Wildman–Crippen MR) is 63.4 cm³/mol. The number of carbonyl (C=O) groups is 1. The molecule has 4 fully saturated rings. The average Bonchev–Trinajstić information content (AvgIpc) is 2.59. The highest BCUT2D eigenvalue weighted by molar-refractivity contribution is 5.87. The van der Waals surface area contributed by atoms with Gasteiger partial charge in [0.25, 0.3) is 0 Å². The van der Waals surface area contributed by atoms with Crippen LogP contribution in [0.4, 0.5) is 0 Å². The highest BCUT2D eigenvalue weighted by atomic mass is 16.6. The fourth-order valence-electron chi connectivity index (χ4n) is 4.52. The van der Waals surface area contributed by atoms with Crippen LogP contribution in [0.1, 0.15) is 39.0 Å². The number of hydrogen-bond donors (Lipinski definition) is 0. The number of methoxy groups -OCH3 is 1. The molecule has 4 aliphatic carbocycles. The first kappa shape index (κ1) is 11.3. The van der Waals surface area contributed by atoms with E-state index in [1.54, 1.807) is 14.0 Å². The van der Waals surface area contributed by atoms with Crippen LogP contribution in [0, 0.1) is 11.8 Å². The minimum atomic E-state index is -0.356. The van der Waals surface area contributed by atoms with Gasteiger partial charge in [-0.2, -0.15) is 0 Å². The fraction of sp³-hybridized carbons (Fsp3) is 0.786. The Hall–Kier alpha value is -0.830. The summed E-state index contributed by atoms with van der Waals surface area (Å²) < 4.78 is 11.6. The summed E-state index contributed by atoms with van der Waals surface area (Å²) >= 11 is 0. The van der Waals surface area contributed by atoms with Gasteiger partial charge >= 0.3 is 5.97 Å². The third-order valence-corrected chi connectivity index (χ3v) is 5.00. The summed E-state index contributed by atoms with van der Waals surface area (Å²) in [5.74, 6) is 1.11. The summed E-state index contributed by atoms with van der Waals surface area (Å²) in [7, 11) is 1.76. The van der Waals surface area contributed by atoms with E-state index in [9.17, 15) is 4.79 Å². The molecule has 3 heteroatoms. The Morgan fingerprint density at radius 2 is 1.71 bits per heavy atom. The second-order valence-electron chi connectivity index (χ2n) is 6.15. The van der Waals surface area contributed by atoms with Gasteiger partial charge in [0, 0.05) is 12.7 Å². The molecule has 3 nitrogen and oxygen atoms in total. The Morgan fingerprint density at radius 1 is 1.18 bits per heavy atom. The first-order valence-corrected chi connectivity index (χ1v) is 6.44. The van der Waals surface area contributed by atoms with E-state index in [1.807, 2.05) is 0 Å². The van der Waals surface area contributed by atoms with Gasteiger partial charge in [0.15, 0.2) is 0 Å². The summed E-state index contributed by atoms with van der Waals surface area (Å²) in [5.41, 5.74) is -0.0753. The lowest BCUT2D eigenvalue weighted by molar-refractivity contribution is -0.182.